The van der Waals surface area contributed by atoms with E-state index in [0.29, 0.717) is 10.8 Å². The van der Waals surface area contributed by atoms with E-state index in [1.807, 2.05) is 6.92 Å². The summed E-state index contributed by atoms with van der Waals surface area (Å²) in [5, 5.41) is 14.3. The number of rotatable bonds is 3. The second-order valence-corrected chi connectivity index (χ2v) is 4.38. The van der Waals surface area contributed by atoms with Crippen molar-refractivity contribution in [1.29, 1.82) is 0 Å². The minimum absolute atomic E-state index is 0.124. The summed E-state index contributed by atoms with van der Waals surface area (Å²) in [5.41, 5.74) is 7.06. The van der Waals surface area contributed by atoms with Crippen LogP contribution in [0.25, 0.3) is 0 Å². The third kappa shape index (κ3) is 2.92. The van der Waals surface area contributed by atoms with E-state index in [9.17, 15) is 10.1 Å². The van der Waals surface area contributed by atoms with Gasteiger partial charge in [-0.1, -0.05) is 11.6 Å². The molecule has 7 heteroatoms. The third-order valence-electron chi connectivity index (χ3n) is 2.55. The Morgan fingerprint density at radius 2 is 2.11 bits per heavy atom. The van der Waals surface area contributed by atoms with Crippen molar-refractivity contribution >= 4 is 34.6 Å². The number of nitrogens with two attached hydrogens (primary N) is 1. The number of nitro groups is 1. The van der Waals surface area contributed by atoms with Crippen molar-refractivity contribution in [3.8, 4) is 0 Å². The Hall–Kier alpha value is -2.34. The largest absolute Gasteiger partial charge is 0.378 e. The zero-order chi connectivity index (χ0) is 14.0. The maximum Gasteiger partial charge on any atom is 0.311 e. The van der Waals surface area contributed by atoms with Crippen LogP contribution in [0.2, 0.25) is 5.02 Å². The van der Waals surface area contributed by atoms with Gasteiger partial charge < -0.3 is 11.1 Å². The van der Waals surface area contributed by atoms with Gasteiger partial charge in [0.25, 0.3) is 0 Å². The molecule has 1 heterocycles. The standard InChI is InChI=1S/C12H11ClN4O2/c1-7-6-8(13)2-3-9(7)15-11-5-4-10(17(18)19)12(14)16-11/h2-6H,1H3,(H3,14,15,16). The molecule has 6 nitrogen and oxygen atoms in total. The second kappa shape index (κ2) is 5.11. The van der Waals surface area contributed by atoms with Gasteiger partial charge in [-0.05, 0) is 36.8 Å². The number of benzene rings is 1. The molecule has 0 radical (unpaired) electrons. The van der Waals surface area contributed by atoms with Crippen LogP contribution in [0.15, 0.2) is 30.3 Å². The van der Waals surface area contributed by atoms with Crippen LogP contribution in [0, 0.1) is 17.0 Å². The molecule has 0 spiro atoms. The summed E-state index contributed by atoms with van der Waals surface area (Å²) in [6.07, 6.45) is 0. The highest BCUT2D eigenvalue weighted by molar-refractivity contribution is 6.30. The Morgan fingerprint density at radius 1 is 1.37 bits per heavy atom. The molecule has 0 amide bonds. The molecule has 2 aromatic rings. The van der Waals surface area contributed by atoms with E-state index in [4.69, 9.17) is 17.3 Å². The first kappa shape index (κ1) is 13.1. The molecule has 2 rings (SSSR count). The van der Waals surface area contributed by atoms with Crippen molar-refractivity contribution < 1.29 is 4.92 Å². The number of pyridine rings is 1. The molecule has 0 bridgehead atoms. The summed E-state index contributed by atoms with van der Waals surface area (Å²) >= 11 is 5.86. The van der Waals surface area contributed by atoms with Crippen LogP contribution < -0.4 is 11.1 Å². The number of nitrogen functional groups attached to an aromatic ring is 1. The summed E-state index contributed by atoms with van der Waals surface area (Å²) in [5.74, 6) is 0.315. The average molecular weight is 279 g/mol. The molecule has 0 fully saturated rings. The lowest BCUT2D eigenvalue weighted by Gasteiger charge is -2.09. The van der Waals surface area contributed by atoms with E-state index < -0.39 is 4.92 Å². The molecule has 98 valence electrons. The van der Waals surface area contributed by atoms with Crippen LogP contribution in [0.3, 0.4) is 0 Å². The van der Waals surface area contributed by atoms with Crippen molar-refractivity contribution in [3.05, 3.63) is 51.0 Å². The molecule has 0 aliphatic carbocycles. The molecular formula is C12H11ClN4O2. The number of hydrogen-bond acceptors (Lipinski definition) is 5. The van der Waals surface area contributed by atoms with Crippen LogP contribution in [-0.4, -0.2) is 9.91 Å². The Bertz CT molecular complexity index is 646. The Balaban J connectivity index is 2.29. The maximum absolute atomic E-state index is 10.6. The van der Waals surface area contributed by atoms with Crippen LogP contribution >= 0.6 is 11.6 Å². The summed E-state index contributed by atoms with van der Waals surface area (Å²) in [6.45, 7) is 1.89. The second-order valence-electron chi connectivity index (χ2n) is 3.94. The first-order chi connectivity index (χ1) is 8.97. The fourth-order valence-electron chi connectivity index (χ4n) is 1.60. The van der Waals surface area contributed by atoms with Gasteiger partial charge in [0.15, 0.2) is 0 Å². The third-order valence-corrected chi connectivity index (χ3v) is 2.79. The van der Waals surface area contributed by atoms with E-state index in [1.54, 1.807) is 18.2 Å². The highest BCUT2D eigenvalue weighted by Gasteiger charge is 2.13. The maximum atomic E-state index is 10.6. The number of aromatic nitrogens is 1. The molecule has 3 N–H and O–H groups in total. The predicted octanol–water partition coefficient (Wildman–Crippen LogP) is 3.28. The first-order valence-electron chi connectivity index (χ1n) is 5.41. The van der Waals surface area contributed by atoms with Gasteiger partial charge >= 0.3 is 5.69 Å². The van der Waals surface area contributed by atoms with Crippen molar-refractivity contribution in [2.24, 2.45) is 0 Å². The van der Waals surface area contributed by atoms with Gasteiger partial charge in [-0.25, -0.2) is 4.98 Å². The number of halogens is 1. The smallest absolute Gasteiger partial charge is 0.311 e. The summed E-state index contributed by atoms with van der Waals surface area (Å²) in [7, 11) is 0. The van der Waals surface area contributed by atoms with Crippen LogP contribution in [0.5, 0.6) is 0 Å². The molecule has 0 unspecified atom stereocenters. The number of aryl methyl sites for hydroxylation is 1. The lowest BCUT2D eigenvalue weighted by Crippen LogP contribution is -2.02. The van der Waals surface area contributed by atoms with Gasteiger partial charge in [-0.3, -0.25) is 10.1 Å². The quantitative estimate of drug-likeness (QED) is 0.664. The van der Waals surface area contributed by atoms with Gasteiger partial charge in [-0.15, -0.1) is 0 Å². The summed E-state index contributed by atoms with van der Waals surface area (Å²) < 4.78 is 0. The van der Waals surface area contributed by atoms with E-state index in [1.165, 1.54) is 12.1 Å². The highest BCUT2D eigenvalue weighted by Crippen LogP contribution is 2.25. The lowest BCUT2D eigenvalue weighted by molar-refractivity contribution is -0.384. The number of anilines is 3. The number of nitrogens with one attached hydrogen (secondary N) is 1. The zero-order valence-electron chi connectivity index (χ0n) is 10.1. The first-order valence-corrected chi connectivity index (χ1v) is 5.79. The Kier molecular flexibility index (Phi) is 3.52. The van der Waals surface area contributed by atoms with Crippen LogP contribution in [0.1, 0.15) is 5.56 Å². The van der Waals surface area contributed by atoms with E-state index in [2.05, 4.69) is 10.3 Å². The number of nitrogens with zero attached hydrogens (tertiary/aromatic N) is 2. The molecule has 0 saturated heterocycles. The van der Waals surface area contributed by atoms with Crippen molar-refractivity contribution in [2.75, 3.05) is 11.1 Å². The fraction of sp³-hybridized carbons (Fsp3) is 0.0833. The normalized spacial score (nSPS) is 10.2. The molecule has 0 aliphatic heterocycles. The fourth-order valence-corrected chi connectivity index (χ4v) is 1.82. The van der Waals surface area contributed by atoms with E-state index >= 15 is 0 Å². The summed E-state index contributed by atoms with van der Waals surface area (Å²) in [4.78, 5) is 14.0. The average Bonchev–Trinajstić information content (AvgIpc) is 2.32. The molecule has 19 heavy (non-hydrogen) atoms. The molecule has 0 saturated carbocycles. The highest BCUT2D eigenvalue weighted by atomic mass is 35.5. The van der Waals surface area contributed by atoms with E-state index in [0.717, 1.165) is 11.3 Å². The van der Waals surface area contributed by atoms with Crippen molar-refractivity contribution in [2.45, 2.75) is 6.92 Å². The van der Waals surface area contributed by atoms with E-state index in [-0.39, 0.29) is 11.5 Å². The van der Waals surface area contributed by atoms with Crippen LogP contribution in [-0.2, 0) is 0 Å². The predicted molar refractivity (Wildman–Crippen MR) is 74.8 cm³/mol. The van der Waals surface area contributed by atoms with Gasteiger partial charge in [0.1, 0.15) is 5.82 Å². The minimum atomic E-state index is -0.570. The molecular weight excluding hydrogens is 268 g/mol. The Labute approximate surface area is 114 Å². The lowest BCUT2D eigenvalue weighted by atomic mass is 10.2. The van der Waals surface area contributed by atoms with Gasteiger partial charge in [0.2, 0.25) is 5.82 Å². The van der Waals surface area contributed by atoms with Crippen molar-refractivity contribution in [3.63, 3.8) is 0 Å². The SMILES string of the molecule is Cc1cc(Cl)ccc1Nc1ccc([N+](=O)[O-])c(N)n1. The number of hydrogen-bond donors (Lipinski definition) is 2. The van der Waals surface area contributed by atoms with Crippen molar-refractivity contribution in [1.82, 2.24) is 4.98 Å². The topological polar surface area (TPSA) is 94.1 Å². The molecule has 0 aliphatic rings. The van der Waals surface area contributed by atoms with Crippen LogP contribution in [0.4, 0.5) is 23.0 Å². The molecule has 1 aromatic carbocycles. The van der Waals surface area contributed by atoms with Gasteiger partial charge in [0, 0.05) is 16.8 Å². The monoisotopic (exact) mass is 278 g/mol. The van der Waals surface area contributed by atoms with Gasteiger partial charge in [-0.2, -0.15) is 0 Å². The zero-order valence-corrected chi connectivity index (χ0v) is 10.8. The minimum Gasteiger partial charge on any atom is -0.378 e. The molecule has 0 atom stereocenters. The van der Waals surface area contributed by atoms with Gasteiger partial charge in [0.05, 0.1) is 4.92 Å². The summed E-state index contributed by atoms with van der Waals surface area (Å²) in [6, 6.07) is 8.17. The Morgan fingerprint density at radius 3 is 2.68 bits per heavy atom. The molecule has 1 aromatic heterocycles.